The van der Waals surface area contributed by atoms with Gasteiger partial charge in [0.25, 0.3) is 0 Å². The van der Waals surface area contributed by atoms with Crippen LogP contribution in [0.4, 0.5) is 10.6 Å². The number of piperazine rings is 1. The molecular weight excluding hydrogens is 564 g/mol. The lowest BCUT2D eigenvalue weighted by Gasteiger charge is -2.45. The topological polar surface area (TPSA) is 110 Å². The normalized spacial score (nSPS) is 21.5. The second-order valence-corrected chi connectivity index (χ2v) is 12.8. The lowest BCUT2D eigenvalue weighted by atomic mass is 10.0. The SMILES string of the molecule is C[C@@H]1CN(c2nc(OCCCN3CCOCC3)nc3c2CCN(OC(=O)c2ccccc2)C3)C[C@H](C)N1C(=O)OC(C)(C)C. The molecule has 4 heterocycles. The molecule has 1 aromatic heterocycles. The van der Waals surface area contributed by atoms with E-state index in [1.807, 2.05) is 57.7 Å². The average molecular weight is 611 g/mol. The van der Waals surface area contributed by atoms with Gasteiger partial charge < -0.3 is 23.9 Å². The molecule has 0 bridgehead atoms. The minimum Gasteiger partial charge on any atom is -0.463 e. The lowest BCUT2D eigenvalue weighted by molar-refractivity contribution is -0.120. The molecule has 2 aromatic rings. The van der Waals surface area contributed by atoms with Crippen LogP contribution < -0.4 is 9.64 Å². The first-order valence-corrected chi connectivity index (χ1v) is 15.7. The summed E-state index contributed by atoms with van der Waals surface area (Å²) in [7, 11) is 0. The monoisotopic (exact) mass is 610 g/mol. The molecule has 44 heavy (non-hydrogen) atoms. The van der Waals surface area contributed by atoms with Crippen LogP contribution in [0.1, 0.15) is 62.7 Å². The highest BCUT2D eigenvalue weighted by Gasteiger charge is 2.38. The quantitative estimate of drug-likeness (QED) is 0.410. The summed E-state index contributed by atoms with van der Waals surface area (Å²) < 4.78 is 17.3. The Bertz CT molecular complexity index is 1270. The van der Waals surface area contributed by atoms with Gasteiger partial charge in [0, 0.05) is 44.8 Å². The van der Waals surface area contributed by atoms with Crippen molar-refractivity contribution >= 4 is 17.9 Å². The number of morpholine rings is 1. The zero-order valence-corrected chi connectivity index (χ0v) is 26.7. The van der Waals surface area contributed by atoms with Crippen LogP contribution >= 0.6 is 0 Å². The first-order valence-electron chi connectivity index (χ1n) is 15.7. The number of nitrogens with zero attached hydrogens (tertiary/aromatic N) is 6. The fourth-order valence-corrected chi connectivity index (χ4v) is 5.96. The average Bonchev–Trinajstić information content (AvgIpc) is 2.98. The summed E-state index contributed by atoms with van der Waals surface area (Å²) in [5.74, 6) is 0.415. The van der Waals surface area contributed by atoms with Crippen LogP contribution in [0.2, 0.25) is 0 Å². The molecule has 3 aliphatic heterocycles. The highest BCUT2D eigenvalue weighted by atomic mass is 16.7. The number of fused-ring (bicyclic) bond motifs is 1. The van der Waals surface area contributed by atoms with Crippen molar-refractivity contribution in [3.05, 3.63) is 47.2 Å². The summed E-state index contributed by atoms with van der Waals surface area (Å²) in [6, 6.07) is 9.10. The Hall–Kier alpha value is -3.48. The molecule has 12 nitrogen and oxygen atoms in total. The minimum absolute atomic E-state index is 0.0935. The van der Waals surface area contributed by atoms with E-state index in [-0.39, 0.29) is 18.2 Å². The molecule has 2 fully saturated rings. The van der Waals surface area contributed by atoms with Crippen LogP contribution in [-0.4, -0.2) is 114 Å². The molecule has 1 aromatic carbocycles. The zero-order valence-electron chi connectivity index (χ0n) is 26.7. The van der Waals surface area contributed by atoms with Gasteiger partial charge in [0.2, 0.25) is 0 Å². The van der Waals surface area contributed by atoms with Crippen molar-refractivity contribution in [3.8, 4) is 6.01 Å². The summed E-state index contributed by atoms with van der Waals surface area (Å²) in [5, 5.41) is 1.66. The third kappa shape index (κ3) is 8.16. The van der Waals surface area contributed by atoms with Crippen LogP contribution in [0.15, 0.2) is 30.3 Å². The number of hydroxylamine groups is 2. The second kappa shape index (κ2) is 14.1. The van der Waals surface area contributed by atoms with Gasteiger partial charge in [0.1, 0.15) is 11.4 Å². The van der Waals surface area contributed by atoms with Gasteiger partial charge in [-0.1, -0.05) is 18.2 Å². The number of carbonyl (C=O) groups is 2. The van der Waals surface area contributed by atoms with Crippen molar-refractivity contribution < 1.29 is 28.6 Å². The fourth-order valence-electron chi connectivity index (χ4n) is 5.96. The Morgan fingerprint density at radius 2 is 1.70 bits per heavy atom. The maximum absolute atomic E-state index is 13.0. The first kappa shape index (κ1) is 31.9. The van der Waals surface area contributed by atoms with E-state index in [2.05, 4.69) is 9.80 Å². The van der Waals surface area contributed by atoms with Crippen LogP contribution in [0.3, 0.4) is 0 Å². The van der Waals surface area contributed by atoms with Crippen molar-refractivity contribution in [2.24, 2.45) is 0 Å². The lowest BCUT2D eigenvalue weighted by Crippen LogP contribution is -2.60. The van der Waals surface area contributed by atoms with Gasteiger partial charge in [0.15, 0.2) is 0 Å². The van der Waals surface area contributed by atoms with Crippen molar-refractivity contribution in [1.82, 2.24) is 24.8 Å². The maximum atomic E-state index is 13.0. The van der Waals surface area contributed by atoms with Crippen molar-refractivity contribution in [3.63, 3.8) is 0 Å². The Morgan fingerprint density at radius 3 is 2.39 bits per heavy atom. The Balaban J connectivity index is 1.32. The van der Waals surface area contributed by atoms with Crippen LogP contribution in [0, 0.1) is 0 Å². The van der Waals surface area contributed by atoms with Crippen LogP contribution in [0.25, 0.3) is 0 Å². The van der Waals surface area contributed by atoms with E-state index in [9.17, 15) is 9.59 Å². The van der Waals surface area contributed by atoms with E-state index in [1.54, 1.807) is 17.2 Å². The number of carbonyl (C=O) groups excluding carboxylic acids is 2. The van der Waals surface area contributed by atoms with Gasteiger partial charge in [0.05, 0.1) is 49.7 Å². The molecule has 0 saturated carbocycles. The van der Waals surface area contributed by atoms with Crippen LogP contribution in [0.5, 0.6) is 6.01 Å². The highest BCUT2D eigenvalue weighted by Crippen LogP contribution is 2.32. The molecule has 0 spiro atoms. The zero-order chi connectivity index (χ0) is 31.3. The van der Waals surface area contributed by atoms with E-state index >= 15 is 0 Å². The number of benzene rings is 1. The predicted octanol–water partition coefficient (Wildman–Crippen LogP) is 3.54. The van der Waals surface area contributed by atoms with Crippen LogP contribution in [-0.2, 0) is 27.3 Å². The van der Waals surface area contributed by atoms with E-state index in [0.29, 0.717) is 50.8 Å². The number of hydrogen-bond donors (Lipinski definition) is 0. The first-order chi connectivity index (χ1) is 21.1. The summed E-state index contributed by atoms with van der Waals surface area (Å²) in [4.78, 5) is 47.7. The summed E-state index contributed by atoms with van der Waals surface area (Å²) in [6.45, 7) is 16.6. The van der Waals surface area contributed by atoms with E-state index in [4.69, 9.17) is 29.0 Å². The third-order valence-corrected chi connectivity index (χ3v) is 7.99. The molecule has 0 N–H and O–H groups in total. The standard InChI is InChI=1S/C32H46N6O6/c1-23-20-36(21-24(2)38(23)31(40)43-32(3,4)5)28-26-12-14-37(44-29(39)25-10-7-6-8-11-25)22-27(26)33-30(34-28)42-17-9-13-35-15-18-41-19-16-35/h6-8,10-11,23-24H,9,12-22H2,1-5H3/t23-,24+. The molecule has 5 rings (SSSR count). The number of rotatable bonds is 8. The Morgan fingerprint density at radius 1 is 1.00 bits per heavy atom. The molecule has 240 valence electrons. The Labute approximate surface area is 260 Å². The number of aromatic nitrogens is 2. The fraction of sp³-hybridized carbons (Fsp3) is 0.625. The summed E-state index contributed by atoms with van der Waals surface area (Å²) in [5.41, 5.74) is 1.73. The number of anilines is 1. The van der Waals surface area contributed by atoms with Gasteiger partial charge in [-0.15, -0.1) is 5.06 Å². The third-order valence-electron chi connectivity index (χ3n) is 7.99. The number of amides is 1. The van der Waals surface area contributed by atoms with Crippen molar-refractivity contribution in [2.45, 2.75) is 71.7 Å². The highest BCUT2D eigenvalue weighted by molar-refractivity contribution is 5.89. The second-order valence-electron chi connectivity index (χ2n) is 12.8. The molecule has 2 saturated heterocycles. The molecule has 0 unspecified atom stereocenters. The van der Waals surface area contributed by atoms with Gasteiger partial charge in [-0.05, 0) is 59.6 Å². The van der Waals surface area contributed by atoms with Gasteiger partial charge in [-0.3, -0.25) is 9.80 Å². The minimum atomic E-state index is -0.566. The van der Waals surface area contributed by atoms with Gasteiger partial charge >= 0.3 is 18.1 Å². The van der Waals surface area contributed by atoms with Crippen molar-refractivity contribution in [1.29, 1.82) is 0 Å². The van der Waals surface area contributed by atoms with E-state index in [0.717, 1.165) is 56.3 Å². The molecule has 0 radical (unpaired) electrons. The molecule has 0 aliphatic carbocycles. The van der Waals surface area contributed by atoms with Gasteiger partial charge in [-0.2, -0.15) is 9.97 Å². The van der Waals surface area contributed by atoms with Crippen molar-refractivity contribution in [2.75, 3.05) is 64.0 Å². The van der Waals surface area contributed by atoms with Gasteiger partial charge in [-0.25, -0.2) is 9.59 Å². The molecule has 2 atom stereocenters. The van der Waals surface area contributed by atoms with E-state index < -0.39 is 11.6 Å². The smallest absolute Gasteiger partial charge is 0.410 e. The maximum Gasteiger partial charge on any atom is 0.410 e. The predicted molar refractivity (Wildman–Crippen MR) is 165 cm³/mol. The molecular formula is C32H46N6O6. The van der Waals surface area contributed by atoms with E-state index in [1.165, 1.54) is 0 Å². The molecule has 12 heteroatoms. The largest absolute Gasteiger partial charge is 0.463 e. The number of ether oxygens (including phenoxy) is 3. The molecule has 1 amide bonds. The summed E-state index contributed by atoms with van der Waals surface area (Å²) in [6.07, 6.45) is 1.15. The number of hydrogen-bond acceptors (Lipinski definition) is 11. The summed E-state index contributed by atoms with van der Waals surface area (Å²) >= 11 is 0. The Kier molecular flexibility index (Phi) is 10.2. The molecule has 3 aliphatic rings.